The fourth-order valence-electron chi connectivity index (χ4n) is 3.43. The van der Waals surface area contributed by atoms with Crippen LogP contribution in [-0.2, 0) is 13.1 Å². The average Bonchev–Trinajstić information content (AvgIpc) is 2.69. The third-order valence-electron chi connectivity index (χ3n) is 4.82. The van der Waals surface area contributed by atoms with Gasteiger partial charge in [-0.3, -0.25) is 14.5 Å². The molecule has 0 spiro atoms. The van der Waals surface area contributed by atoms with Crippen molar-refractivity contribution in [3.05, 3.63) is 76.9 Å². The van der Waals surface area contributed by atoms with Crippen LogP contribution < -0.4 is 11.1 Å². The molecule has 0 saturated heterocycles. The van der Waals surface area contributed by atoms with Gasteiger partial charge in [0.2, 0.25) is 0 Å². The molecule has 130 valence electrons. The van der Waals surface area contributed by atoms with Crippen LogP contribution in [0.25, 0.3) is 10.8 Å². The highest BCUT2D eigenvalue weighted by Crippen LogP contribution is 2.34. The number of anilines is 1. The van der Waals surface area contributed by atoms with Gasteiger partial charge in [0, 0.05) is 47.7 Å². The maximum Gasteiger partial charge on any atom is 0.261 e. The summed E-state index contributed by atoms with van der Waals surface area (Å²) in [7, 11) is 1.52. The Bertz CT molecular complexity index is 1020. The van der Waals surface area contributed by atoms with Crippen LogP contribution in [0, 0.1) is 0 Å². The van der Waals surface area contributed by atoms with Gasteiger partial charge >= 0.3 is 0 Å². The Morgan fingerprint density at radius 3 is 2.38 bits per heavy atom. The molecular weight excluding hydrogens is 326 g/mol. The molecule has 1 heterocycles. The van der Waals surface area contributed by atoms with Crippen LogP contribution in [0.1, 0.15) is 31.8 Å². The van der Waals surface area contributed by atoms with Gasteiger partial charge in [0.1, 0.15) is 0 Å². The molecule has 0 fully saturated rings. The zero-order chi connectivity index (χ0) is 18.3. The highest BCUT2D eigenvalue weighted by Gasteiger charge is 2.30. The number of carbonyl (C=O) groups is 2. The number of benzene rings is 3. The minimum Gasteiger partial charge on any atom is -0.380 e. The van der Waals surface area contributed by atoms with Gasteiger partial charge in [-0.2, -0.15) is 0 Å². The number of amides is 2. The van der Waals surface area contributed by atoms with E-state index in [0.29, 0.717) is 24.2 Å². The van der Waals surface area contributed by atoms with Crippen LogP contribution in [-0.4, -0.2) is 23.8 Å². The van der Waals surface area contributed by atoms with Crippen molar-refractivity contribution in [3.63, 3.8) is 0 Å². The van der Waals surface area contributed by atoms with Crippen molar-refractivity contribution in [2.45, 2.75) is 13.1 Å². The second-order valence-electron chi connectivity index (χ2n) is 6.44. The van der Waals surface area contributed by atoms with Gasteiger partial charge in [0.15, 0.2) is 0 Å². The molecule has 1 aliphatic heterocycles. The number of rotatable bonds is 4. The van der Waals surface area contributed by atoms with E-state index < -0.39 is 0 Å². The molecule has 0 radical (unpaired) electrons. The standard InChI is InChI=1S/C21H19N3O2/c1-24-20(25)16-7-3-6-15-18(9-8-17(19(15)16)21(24)26)23-12-14-5-2-4-13(10-14)11-22/h2-10,23H,11-12,22H2,1H3. The summed E-state index contributed by atoms with van der Waals surface area (Å²) in [5.74, 6) is -0.526. The van der Waals surface area contributed by atoms with Crippen LogP contribution in [0.5, 0.6) is 0 Å². The zero-order valence-electron chi connectivity index (χ0n) is 14.5. The monoisotopic (exact) mass is 345 g/mol. The molecule has 1 aliphatic rings. The molecule has 0 bridgehead atoms. The summed E-state index contributed by atoms with van der Waals surface area (Å²) in [6.07, 6.45) is 0. The molecule has 5 nitrogen and oxygen atoms in total. The summed E-state index contributed by atoms with van der Waals surface area (Å²) in [4.78, 5) is 26.1. The summed E-state index contributed by atoms with van der Waals surface area (Å²) in [5.41, 5.74) is 9.94. The van der Waals surface area contributed by atoms with Gasteiger partial charge in [0.25, 0.3) is 11.8 Å². The lowest BCUT2D eigenvalue weighted by Crippen LogP contribution is -2.36. The Hall–Kier alpha value is -3.18. The Balaban J connectivity index is 1.74. The number of hydrogen-bond acceptors (Lipinski definition) is 4. The van der Waals surface area contributed by atoms with Gasteiger partial charge in [-0.15, -0.1) is 0 Å². The Kier molecular flexibility index (Phi) is 3.93. The third kappa shape index (κ3) is 2.53. The molecule has 3 aromatic rings. The Morgan fingerprint density at radius 2 is 1.62 bits per heavy atom. The lowest BCUT2D eigenvalue weighted by atomic mass is 9.93. The van der Waals surface area contributed by atoms with E-state index in [-0.39, 0.29) is 11.8 Å². The topological polar surface area (TPSA) is 75.4 Å². The predicted molar refractivity (Wildman–Crippen MR) is 102 cm³/mol. The summed E-state index contributed by atoms with van der Waals surface area (Å²) < 4.78 is 0. The molecule has 4 rings (SSSR count). The van der Waals surface area contributed by atoms with E-state index >= 15 is 0 Å². The highest BCUT2D eigenvalue weighted by molar-refractivity contribution is 6.26. The number of nitrogens with zero attached hydrogens (tertiary/aromatic N) is 1. The van der Waals surface area contributed by atoms with Gasteiger partial charge in [0.05, 0.1) is 0 Å². The van der Waals surface area contributed by atoms with Crippen molar-refractivity contribution in [3.8, 4) is 0 Å². The molecule has 0 atom stereocenters. The SMILES string of the molecule is CN1C(=O)c2cccc3c(NCc4cccc(CN)c4)ccc(c23)C1=O. The first-order chi connectivity index (χ1) is 12.6. The van der Waals surface area contributed by atoms with Crippen molar-refractivity contribution in [2.24, 2.45) is 5.73 Å². The number of imide groups is 1. The second-order valence-corrected chi connectivity index (χ2v) is 6.44. The predicted octanol–water partition coefficient (Wildman–Crippen LogP) is 3.14. The quantitative estimate of drug-likeness (QED) is 0.712. The van der Waals surface area contributed by atoms with E-state index in [0.717, 1.165) is 27.6 Å². The lowest BCUT2D eigenvalue weighted by molar-refractivity contribution is 0.0651. The van der Waals surface area contributed by atoms with Gasteiger partial charge in [-0.25, -0.2) is 0 Å². The minimum absolute atomic E-state index is 0.263. The van der Waals surface area contributed by atoms with Crippen LogP contribution in [0.3, 0.4) is 0 Å². The molecule has 0 unspecified atom stereocenters. The summed E-state index contributed by atoms with van der Waals surface area (Å²) >= 11 is 0. The minimum atomic E-state index is -0.263. The van der Waals surface area contributed by atoms with Crippen LogP contribution in [0.2, 0.25) is 0 Å². The van der Waals surface area contributed by atoms with Crippen molar-refractivity contribution >= 4 is 28.3 Å². The maximum absolute atomic E-state index is 12.4. The lowest BCUT2D eigenvalue weighted by Gasteiger charge is -2.24. The van der Waals surface area contributed by atoms with Crippen molar-refractivity contribution in [1.82, 2.24) is 4.90 Å². The third-order valence-corrected chi connectivity index (χ3v) is 4.82. The fourth-order valence-corrected chi connectivity index (χ4v) is 3.43. The number of carbonyl (C=O) groups excluding carboxylic acids is 2. The molecule has 26 heavy (non-hydrogen) atoms. The molecule has 0 aliphatic carbocycles. The first-order valence-corrected chi connectivity index (χ1v) is 8.50. The van der Waals surface area contributed by atoms with Crippen LogP contribution >= 0.6 is 0 Å². The highest BCUT2D eigenvalue weighted by atomic mass is 16.2. The molecule has 3 N–H and O–H groups in total. The van der Waals surface area contributed by atoms with Crippen molar-refractivity contribution in [1.29, 1.82) is 0 Å². The number of nitrogens with two attached hydrogens (primary N) is 1. The fraction of sp³-hybridized carbons (Fsp3) is 0.143. The first kappa shape index (κ1) is 16.3. The molecular formula is C21H19N3O2. The molecule has 2 amide bonds. The maximum atomic E-state index is 12.4. The first-order valence-electron chi connectivity index (χ1n) is 8.50. The molecule has 5 heteroatoms. The van der Waals surface area contributed by atoms with Gasteiger partial charge < -0.3 is 11.1 Å². The van der Waals surface area contributed by atoms with E-state index in [4.69, 9.17) is 5.73 Å². The zero-order valence-corrected chi connectivity index (χ0v) is 14.5. The van der Waals surface area contributed by atoms with Crippen molar-refractivity contribution < 1.29 is 9.59 Å². The molecule has 0 aromatic heterocycles. The van der Waals surface area contributed by atoms with Gasteiger partial charge in [-0.1, -0.05) is 36.4 Å². The normalized spacial score (nSPS) is 13.4. The average molecular weight is 345 g/mol. The summed E-state index contributed by atoms with van der Waals surface area (Å²) in [5, 5.41) is 5.02. The van der Waals surface area contributed by atoms with Crippen molar-refractivity contribution in [2.75, 3.05) is 12.4 Å². The molecule has 0 saturated carbocycles. The Morgan fingerprint density at radius 1 is 0.923 bits per heavy atom. The number of hydrogen-bond donors (Lipinski definition) is 2. The largest absolute Gasteiger partial charge is 0.380 e. The van der Waals surface area contributed by atoms with E-state index in [1.807, 2.05) is 36.4 Å². The second kappa shape index (κ2) is 6.28. The van der Waals surface area contributed by atoms with Gasteiger partial charge in [-0.05, 0) is 29.3 Å². The van der Waals surface area contributed by atoms with E-state index in [1.165, 1.54) is 11.9 Å². The van der Waals surface area contributed by atoms with Crippen LogP contribution in [0.15, 0.2) is 54.6 Å². The smallest absolute Gasteiger partial charge is 0.261 e. The summed E-state index contributed by atoms with van der Waals surface area (Å²) in [6.45, 7) is 1.14. The van der Waals surface area contributed by atoms with E-state index in [2.05, 4.69) is 11.4 Å². The number of nitrogens with one attached hydrogen (secondary N) is 1. The molecule has 3 aromatic carbocycles. The van der Waals surface area contributed by atoms with E-state index in [1.54, 1.807) is 12.1 Å². The Labute approximate surface area is 151 Å². The van der Waals surface area contributed by atoms with E-state index in [9.17, 15) is 9.59 Å². The summed E-state index contributed by atoms with van der Waals surface area (Å²) in [6, 6.07) is 17.3. The van der Waals surface area contributed by atoms with Crippen LogP contribution in [0.4, 0.5) is 5.69 Å².